The summed E-state index contributed by atoms with van der Waals surface area (Å²) in [7, 11) is 3.36. The summed E-state index contributed by atoms with van der Waals surface area (Å²) in [5.41, 5.74) is 1.30. The first-order valence-electron chi connectivity index (χ1n) is 7.22. The average Bonchev–Trinajstić information content (AvgIpc) is 2.40. The van der Waals surface area contributed by atoms with Crippen LogP contribution in [0.2, 0.25) is 0 Å². The number of hydrogen-bond acceptors (Lipinski definition) is 2. The van der Waals surface area contributed by atoms with E-state index in [9.17, 15) is 4.79 Å². The number of carbonyl (C=O) groups excluding carboxylic acids is 1. The Bertz CT molecular complexity index is 387. The Morgan fingerprint density at radius 1 is 1.29 bits per heavy atom. The molecule has 4 heteroatoms. The predicted octanol–water partition coefficient (Wildman–Crippen LogP) is 4.79. The van der Waals surface area contributed by atoms with Crippen LogP contribution in [0.1, 0.15) is 46.6 Å². The van der Waals surface area contributed by atoms with Crippen LogP contribution in [0.25, 0.3) is 0 Å². The monoisotopic (exact) mass is 359 g/mol. The van der Waals surface area contributed by atoms with Gasteiger partial charge in [0.1, 0.15) is 0 Å². The highest BCUT2D eigenvalue weighted by Gasteiger charge is 2.13. The van der Waals surface area contributed by atoms with Crippen LogP contribution in [0.3, 0.4) is 0 Å². The third kappa shape index (κ3) is 15.3. The van der Waals surface area contributed by atoms with Crippen LogP contribution >= 0.6 is 15.9 Å². The zero-order valence-electron chi connectivity index (χ0n) is 14.4. The van der Waals surface area contributed by atoms with Gasteiger partial charge in [0.05, 0.1) is 6.61 Å². The summed E-state index contributed by atoms with van der Waals surface area (Å²) in [5.74, 6) is 0.113. The molecule has 0 radical (unpaired) electrons. The zero-order chi connectivity index (χ0) is 16.9. The minimum absolute atomic E-state index is 0.111. The molecule has 1 aromatic carbocycles. The molecule has 1 amide bonds. The van der Waals surface area contributed by atoms with E-state index in [1.54, 1.807) is 14.2 Å². The Morgan fingerprint density at radius 2 is 1.86 bits per heavy atom. The molecule has 0 bridgehead atoms. The van der Waals surface area contributed by atoms with Gasteiger partial charge in [-0.15, -0.1) is 0 Å². The van der Waals surface area contributed by atoms with Crippen molar-refractivity contribution < 1.29 is 9.53 Å². The van der Waals surface area contributed by atoms with E-state index in [2.05, 4.69) is 21.2 Å². The minimum atomic E-state index is 0.111. The third-order valence-corrected chi connectivity index (χ3v) is 2.66. The molecule has 0 heterocycles. The van der Waals surface area contributed by atoms with Crippen LogP contribution in [0, 0.1) is 5.41 Å². The van der Waals surface area contributed by atoms with Crippen molar-refractivity contribution in [3.05, 3.63) is 34.3 Å². The molecule has 0 saturated heterocycles. The smallest absolute Gasteiger partial charge is 0.220 e. The van der Waals surface area contributed by atoms with Crippen molar-refractivity contribution in [2.24, 2.45) is 5.41 Å². The molecule has 122 valence electrons. The molecule has 0 fully saturated rings. The van der Waals surface area contributed by atoms with E-state index in [1.165, 1.54) is 5.56 Å². The summed E-state index contributed by atoms with van der Waals surface area (Å²) in [6, 6.07) is 8.08. The fraction of sp³-hybridized carbons (Fsp3) is 0.588. The van der Waals surface area contributed by atoms with Crippen molar-refractivity contribution in [3.8, 4) is 0 Å². The van der Waals surface area contributed by atoms with Crippen molar-refractivity contribution in [2.75, 3.05) is 14.2 Å². The number of rotatable bonds is 3. The third-order valence-electron chi connectivity index (χ3n) is 2.17. The van der Waals surface area contributed by atoms with Crippen molar-refractivity contribution in [1.29, 1.82) is 0 Å². The molecule has 0 spiro atoms. The first-order chi connectivity index (χ1) is 9.78. The summed E-state index contributed by atoms with van der Waals surface area (Å²) >= 11 is 3.38. The molecule has 3 nitrogen and oxygen atoms in total. The number of amides is 1. The molecule has 1 N–H and O–H groups in total. The largest absolute Gasteiger partial charge is 0.380 e. The highest BCUT2D eigenvalue weighted by Crippen LogP contribution is 2.17. The van der Waals surface area contributed by atoms with Gasteiger partial charge in [-0.05, 0) is 23.1 Å². The molecule has 1 aromatic rings. The fourth-order valence-corrected chi connectivity index (χ4v) is 1.81. The van der Waals surface area contributed by atoms with Crippen molar-refractivity contribution in [1.82, 2.24) is 5.32 Å². The Hall–Kier alpha value is -0.870. The maximum absolute atomic E-state index is 10.7. The van der Waals surface area contributed by atoms with E-state index in [0.717, 1.165) is 4.47 Å². The first kappa shape index (κ1) is 22.4. The van der Waals surface area contributed by atoms with Gasteiger partial charge in [-0.1, -0.05) is 62.7 Å². The lowest BCUT2D eigenvalue weighted by molar-refractivity contribution is -0.122. The quantitative estimate of drug-likeness (QED) is 0.842. The molecule has 21 heavy (non-hydrogen) atoms. The van der Waals surface area contributed by atoms with E-state index in [0.29, 0.717) is 13.0 Å². The standard InChI is InChI=1S/C8H9BrO.C7H15NO.C2H6/c1-10-6-7-3-2-4-8(9)5-7;1-7(2,3)5-6(9)8-4;1-2/h2-5H,6H2,1H3;5H2,1-4H3,(H,8,9);1-2H3. The van der Waals surface area contributed by atoms with Gasteiger partial charge in [0, 0.05) is 25.1 Å². The second-order valence-electron chi connectivity index (χ2n) is 5.47. The Morgan fingerprint density at radius 3 is 2.19 bits per heavy atom. The number of methoxy groups -OCH3 is 1. The molecule has 0 aliphatic heterocycles. The molecule has 1 rings (SSSR count). The molecule has 0 saturated carbocycles. The van der Waals surface area contributed by atoms with Gasteiger partial charge < -0.3 is 10.1 Å². The maximum atomic E-state index is 10.7. The second kappa shape index (κ2) is 12.8. The second-order valence-corrected chi connectivity index (χ2v) is 6.39. The van der Waals surface area contributed by atoms with Gasteiger partial charge in [-0.3, -0.25) is 4.79 Å². The SMILES string of the molecule is CC.CNC(=O)CC(C)(C)C.COCc1cccc(Br)c1. The summed E-state index contributed by atoms with van der Waals surface area (Å²) < 4.78 is 6.06. The Kier molecular flexibility index (Phi) is 13.7. The van der Waals surface area contributed by atoms with E-state index >= 15 is 0 Å². The lowest BCUT2D eigenvalue weighted by atomic mass is 9.92. The van der Waals surface area contributed by atoms with Gasteiger partial charge in [0.25, 0.3) is 0 Å². The zero-order valence-corrected chi connectivity index (χ0v) is 16.0. The summed E-state index contributed by atoms with van der Waals surface area (Å²) in [6.07, 6.45) is 0.601. The summed E-state index contributed by atoms with van der Waals surface area (Å²) in [4.78, 5) is 10.7. The number of ether oxygens (including phenoxy) is 1. The Labute approximate surface area is 138 Å². The van der Waals surface area contributed by atoms with E-state index in [4.69, 9.17) is 4.74 Å². The van der Waals surface area contributed by atoms with Gasteiger partial charge in [-0.2, -0.15) is 0 Å². The van der Waals surface area contributed by atoms with E-state index < -0.39 is 0 Å². The number of hydrogen-bond donors (Lipinski definition) is 1. The van der Waals surface area contributed by atoms with Gasteiger partial charge >= 0.3 is 0 Å². The van der Waals surface area contributed by atoms with E-state index in [-0.39, 0.29) is 11.3 Å². The normalized spacial score (nSPS) is 9.71. The average molecular weight is 360 g/mol. The fourth-order valence-electron chi connectivity index (χ4n) is 1.36. The lowest BCUT2D eigenvalue weighted by Gasteiger charge is -2.15. The lowest BCUT2D eigenvalue weighted by Crippen LogP contribution is -2.23. The van der Waals surface area contributed by atoms with Crippen LogP contribution in [0.4, 0.5) is 0 Å². The molecule has 0 aliphatic rings. The molecule has 0 atom stereocenters. The van der Waals surface area contributed by atoms with E-state index in [1.807, 2.05) is 58.9 Å². The van der Waals surface area contributed by atoms with Crippen molar-refractivity contribution in [3.63, 3.8) is 0 Å². The van der Waals surface area contributed by atoms with Crippen LogP contribution in [0.15, 0.2) is 28.7 Å². The van der Waals surface area contributed by atoms with Crippen molar-refractivity contribution >= 4 is 21.8 Å². The minimum Gasteiger partial charge on any atom is -0.380 e. The highest BCUT2D eigenvalue weighted by atomic mass is 79.9. The number of nitrogens with one attached hydrogen (secondary N) is 1. The topological polar surface area (TPSA) is 38.3 Å². The van der Waals surface area contributed by atoms with Gasteiger partial charge in [0.15, 0.2) is 0 Å². The molecule has 0 unspecified atom stereocenters. The van der Waals surface area contributed by atoms with Crippen LogP contribution in [-0.2, 0) is 16.1 Å². The van der Waals surface area contributed by atoms with Crippen LogP contribution in [0.5, 0.6) is 0 Å². The summed E-state index contributed by atoms with van der Waals surface area (Å²) in [5, 5.41) is 2.58. The first-order valence-corrected chi connectivity index (χ1v) is 8.02. The van der Waals surface area contributed by atoms with Gasteiger partial charge in [0.2, 0.25) is 5.91 Å². The molecule has 0 aliphatic carbocycles. The molecule has 0 aromatic heterocycles. The van der Waals surface area contributed by atoms with Crippen molar-refractivity contribution in [2.45, 2.75) is 47.6 Å². The number of carbonyl (C=O) groups is 1. The molecular weight excluding hydrogens is 330 g/mol. The van der Waals surface area contributed by atoms with Gasteiger partial charge in [-0.25, -0.2) is 0 Å². The summed E-state index contributed by atoms with van der Waals surface area (Å²) in [6.45, 7) is 10.8. The maximum Gasteiger partial charge on any atom is 0.220 e. The Balaban J connectivity index is 0. The number of benzene rings is 1. The van der Waals surface area contributed by atoms with Crippen LogP contribution in [-0.4, -0.2) is 20.1 Å². The number of halogens is 1. The van der Waals surface area contributed by atoms with Crippen LogP contribution < -0.4 is 5.32 Å². The predicted molar refractivity (Wildman–Crippen MR) is 94.3 cm³/mol. The molecular formula is C17H30BrNO2. The highest BCUT2D eigenvalue weighted by molar-refractivity contribution is 9.10.